The molecule has 1 fully saturated rings. The van der Waals surface area contributed by atoms with Crippen LogP contribution >= 0.6 is 0 Å². The molecular formula is C14H16N2O2. The first-order chi connectivity index (χ1) is 8.63. The second-order valence-electron chi connectivity index (χ2n) is 4.79. The maximum Gasteiger partial charge on any atom is 0.253 e. The fraction of sp³-hybridized carbons (Fsp3) is 0.429. The molecule has 1 aromatic heterocycles. The van der Waals surface area contributed by atoms with Crippen LogP contribution in [0.1, 0.15) is 42.1 Å². The van der Waals surface area contributed by atoms with E-state index < -0.39 is 0 Å². The molecule has 0 bridgehead atoms. The van der Waals surface area contributed by atoms with E-state index in [0.717, 1.165) is 19.3 Å². The number of aliphatic hydroxyl groups excluding tert-OH is 1. The molecule has 0 atom stereocenters. The SMILES string of the molecule is CC1(NC(=O)c2cncc(C#CCO)c2)CCC1. The average molecular weight is 244 g/mol. The Hall–Kier alpha value is -1.86. The van der Waals surface area contributed by atoms with Crippen LogP contribution in [-0.2, 0) is 0 Å². The number of hydrogen-bond donors (Lipinski definition) is 2. The van der Waals surface area contributed by atoms with E-state index in [2.05, 4.69) is 29.1 Å². The first kappa shape index (κ1) is 12.6. The molecule has 4 nitrogen and oxygen atoms in total. The van der Waals surface area contributed by atoms with Crippen LogP contribution in [0.5, 0.6) is 0 Å². The number of nitrogens with zero attached hydrogens (tertiary/aromatic N) is 1. The first-order valence-corrected chi connectivity index (χ1v) is 6.00. The molecule has 0 radical (unpaired) electrons. The molecule has 2 rings (SSSR count). The van der Waals surface area contributed by atoms with Crippen LogP contribution in [0.3, 0.4) is 0 Å². The van der Waals surface area contributed by atoms with Crippen molar-refractivity contribution in [3.8, 4) is 11.8 Å². The molecule has 0 unspecified atom stereocenters. The molecule has 18 heavy (non-hydrogen) atoms. The summed E-state index contributed by atoms with van der Waals surface area (Å²) in [5, 5.41) is 11.6. The van der Waals surface area contributed by atoms with Gasteiger partial charge in [-0.15, -0.1) is 0 Å². The predicted molar refractivity (Wildman–Crippen MR) is 67.9 cm³/mol. The summed E-state index contributed by atoms with van der Waals surface area (Å²) >= 11 is 0. The number of amides is 1. The molecular weight excluding hydrogens is 228 g/mol. The molecule has 0 saturated heterocycles. The van der Waals surface area contributed by atoms with E-state index in [1.165, 1.54) is 6.20 Å². The summed E-state index contributed by atoms with van der Waals surface area (Å²) < 4.78 is 0. The Morgan fingerprint density at radius 2 is 2.33 bits per heavy atom. The fourth-order valence-electron chi connectivity index (χ4n) is 1.95. The van der Waals surface area contributed by atoms with Crippen molar-refractivity contribution in [3.05, 3.63) is 29.6 Å². The Balaban J connectivity index is 2.10. The van der Waals surface area contributed by atoms with Gasteiger partial charge < -0.3 is 10.4 Å². The van der Waals surface area contributed by atoms with Gasteiger partial charge in [0.15, 0.2) is 0 Å². The third-order valence-corrected chi connectivity index (χ3v) is 3.18. The van der Waals surface area contributed by atoms with Crippen LogP contribution in [0.4, 0.5) is 0 Å². The summed E-state index contributed by atoms with van der Waals surface area (Å²) in [5.74, 6) is 5.16. The Kier molecular flexibility index (Phi) is 3.63. The lowest BCUT2D eigenvalue weighted by molar-refractivity contribution is 0.0850. The van der Waals surface area contributed by atoms with Gasteiger partial charge in [0.1, 0.15) is 6.61 Å². The third kappa shape index (κ3) is 2.88. The van der Waals surface area contributed by atoms with Gasteiger partial charge in [-0.1, -0.05) is 11.8 Å². The third-order valence-electron chi connectivity index (χ3n) is 3.18. The highest BCUT2D eigenvalue weighted by Gasteiger charge is 2.33. The van der Waals surface area contributed by atoms with Crippen molar-refractivity contribution in [1.29, 1.82) is 0 Å². The van der Waals surface area contributed by atoms with Crippen molar-refractivity contribution in [3.63, 3.8) is 0 Å². The number of nitrogens with one attached hydrogen (secondary N) is 1. The van der Waals surface area contributed by atoms with E-state index in [4.69, 9.17) is 5.11 Å². The highest BCUT2D eigenvalue weighted by molar-refractivity contribution is 5.94. The molecule has 0 aliphatic heterocycles. The molecule has 2 N–H and O–H groups in total. The largest absolute Gasteiger partial charge is 0.384 e. The number of carbonyl (C=O) groups is 1. The van der Waals surface area contributed by atoms with Crippen molar-refractivity contribution in [2.45, 2.75) is 31.7 Å². The van der Waals surface area contributed by atoms with Crippen molar-refractivity contribution >= 4 is 5.91 Å². The quantitative estimate of drug-likeness (QED) is 0.766. The lowest BCUT2D eigenvalue weighted by Gasteiger charge is -2.39. The summed E-state index contributed by atoms with van der Waals surface area (Å²) in [6.07, 6.45) is 6.31. The Morgan fingerprint density at radius 3 is 2.94 bits per heavy atom. The second kappa shape index (κ2) is 5.19. The van der Waals surface area contributed by atoms with Gasteiger partial charge in [-0.2, -0.15) is 0 Å². The van der Waals surface area contributed by atoms with Gasteiger partial charge in [0.05, 0.1) is 5.56 Å². The predicted octanol–water partition coefficient (Wildman–Crippen LogP) is 1.10. The van der Waals surface area contributed by atoms with Crippen molar-refractivity contribution in [1.82, 2.24) is 10.3 Å². The molecule has 1 heterocycles. The molecule has 1 aliphatic rings. The fourth-order valence-corrected chi connectivity index (χ4v) is 1.95. The van der Waals surface area contributed by atoms with E-state index in [9.17, 15) is 4.79 Å². The van der Waals surface area contributed by atoms with Crippen LogP contribution in [0, 0.1) is 11.8 Å². The molecule has 1 amide bonds. The maximum atomic E-state index is 12.0. The summed E-state index contributed by atoms with van der Waals surface area (Å²) in [5.41, 5.74) is 1.08. The topological polar surface area (TPSA) is 62.2 Å². The molecule has 1 aromatic rings. The van der Waals surface area contributed by atoms with Crippen LogP contribution < -0.4 is 5.32 Å². The average Bonchev–Trinajstić information content (AvgIpc) is 2.34. The molecule has 4 heteroatoms. The van der Waals surface area contributed by atoms with E-state index in [0.29, 0.717) is 11.1 Å². The minimum Gasteiger partial charge on any atom is -0.384 e. The highest BCUT2D eigenvalue weighted by Crippen LogP contribution is 2.31. The number of aliphatic hydroxyl groups is 1. The van der Waals surface area contributed by atoms with Crippen LogP contribution in [0.25, 0.3) is 0 Å². The zero-order valence-electron chi connectivity index (χ0n) is 10.4. The van der Waals surface area contributed by atoms with E-state index >= 15 is 0 Å². The smallest absolute Gasteiger partial charge is 0.253 e. The van der Waals surface area contributed by atoms with Gasteiger partial charge >= 0.3 is 0 Å². The normalized spacial score (nSPS) is 16.1. The van der Waals surface area contributed by atoms with Gasteiger partial charge in [-0.05, 0) is 32.3 Å². The number of pyridine rings is 1. The Morgan fingerprint density at radius 1 is 1.56 bits per heavy atom. The Bertz CT molecular complexity index is 510. The minimum absolute atomic E-state index is 0.0656. The zero-order chi connectivity index (χ0) is 13.0. The van der Waals surface area contributed by atoms with Crippen LogP contribution in [0.15, 0.2) is 18.5 Å². The van der Waals surface area contributed by atoms with Crippen LogP contribution in [0.2, 0.25) is 0 Å². The molecule has 1 saturated carbocycles. The first-order valence-electron chi connectivity index (χ1n) is 6.00. The van der Waals surface area contributed by atoms with Gasteiger partial charge in [-0.3, -0.25) is 9.78 Å². The van der Waals surface area contributed by atoms with Crippen molar-refractivity contribution in [2.75, 3.05) is 6.61 Å². The number of rotatable bonds is 2. The molecule has 94 valence electrons. The Labute approximate surface area is 106 Å². The monoisotopic (exact) mass is 244 g/mol. The van der Waals surface area contributed by atoms with Crippen molar-refractivity contribution < 1.29 is 9.90 Å². The van der Waals surface area contributed by atoms with E-state index in [1.54, 1.807) is 12.3 Å². The van der Waals surface area contributed by atoms with Gasteiger partial charge in [0, 0.05) is 23.5 Å². The molecule has 0 aromatic carbocycles. The summed E-state index contributed by atoms with van der Waals surface area (Å²) in [6.45, 7) is 1.85. The number of hydrogen-bond acceptors (Lipinski definition) is 3. The number of carbonyl (C=O) groups excluding carboxylic acids is 1. The summed E-state index contributed by atoms with van der Waals surface area (Å²) in [4.78, 5) is 16.0. The second-order valence-corrected chi connectivity index (χ2v) is 4.79. The summed E-state index contributed by atoms with van der Waals surface area (Å²) in [6, 6.07) is 1.69. The van der Waals surface area contributed by atoms with Crippen molar-refractivity contribution in [2.24, 2.45) is 0 Å². The standard InChI is InChI=1S/C14H16N2O2/c1-14(5-3-6-14)16-13(18)12-8-11(4-2-7-17)9-15-10-12/h8-10,17H,3,5-7H2,1H3,(H,16,18). The zero-order valence-corrected chi connectivity index (χ0v) is 10.4. The lowest BCUT2D eigenvalue weighted by Crippen LogP contribution is -2.50. The summed E-state index contributed by atoms with van der Waals surface area (Å²) in [7, 11) is 0. The minimum atomic E-state index is -0.200. The van der Waals surface area contributed by atoms with E-state index in [1.807, 2.05) is 0 Å². The van der Waals surface area contributed by atoms with E-state index in [-0.39, 0.29) is 18.1 Å². The molecule has 1 aliphatic carbocycles. The van der Waals surface area contributed by atoms with Gasteiger partial charge in [0.25, 0.3) is 5.91 Å². The van der Waals surface area contributed by atoms with Gasteiger partial charge in [0.2, 0.25) is 0 Å². The lowest BCUT2D eigenvalue weighted by atomic mass is 9.78. The number of aromatic nitrogens is 1. The highest BCUT2D eigenvalue weighted by atomic mass is 16.2. The maximum absolute atomic E-state index is 12.0. The van der Waals surface area contributed by atoms with Gasteiger partial charge in [-0.25, -0.2) is 0 Å². The molecule has 0 spiro atoms. The van der Waals surface area contributed by atoms with Crippen LogP contribution in [-0.4, -0.2) is 28.1 Å².